The van der Waals surface area contributed by atoms with E-state index in [2.05, 4.69) is 20.9 Å². The number of hydrogen-bond donors (Lipinski definition) is 3. The van der Waals surface area contributed by atoms with Crippen LogP contribution in [0.5, 0.6) is 0 Å². The van der Waals surface area contributed by atoms with Gasteiger partial charge in [-0.1, -0.05) is 19.1 Å². The minimum atomic E-state index is -2.98. The summed E-state index contributed by atoms with van der Waals surface area (Å²) in [5.74, 6) is 0.784. The van der Waals surface area contributed by atoms with E-state index in [1.807, 2.05) is 45.0 Å². The van der Waals surface area contributed by atoms with Gasteiger partial charge in [0, 0.05) is 31.0 Å². The van der Waals surface area contributed by atoms with E-state index in [0.29, 0.717) is 31.9 Å². The Morgan fingerprint density at radius 1 is 1.26 bits per heavy atom. The Morgan fingerprint density at radius 3 is 2.63 bits per heavy atom. The van der Waals surface area contributed by atoms with Gasteiger partial charge in [0.2, 0.25) is 5.91 Å². The van der Waals surface area contributed by atoms with Gasteiger partial charge >= 0.3 is 0 Å². The Hall–Kier alpha value is -2.09. The van der Waals surface area contributed by atoms with Crippen molar-refractivity contribution in [2.75, 3.05) is 23.9 Å². The zero-order chi connectivity index (χ0) is 20.3. The molecule has 1 amide bonds. The topological polar surface area (TPSA) is 99.7 Å². The molecule has 0 saturated heterocycles. The second-order valence-electron chi connectivity index (χ2n) is 6.66. The highest BCUT2D eigenvalue weighted by atomic mass is 32.2. The first kappa shape index (κ1) is 23.0. The molecule has 0 heterocycles. The largest absolute Gasteiger partial charge is 0.357 e. The minimum Gasteiger partial charge on any atom is -0.357 e. The molecule has 7 nitrogen and oxygen atoms in total. The molecular formula is C19H32N4O3S. The molecule has 1 aromatic carbocycles. The van der Waals surface area contributed by atoms with Gasteiger partial charge in [-0.15, -0.1) is 0 Å². The maximum atomic E-state index is 11.7. The lowest BCUT2D eigenvalue weighted by Crippen LogP contribution is -2.42. The average Bonchev–Trinajstić information content (AvgIpc) is 2.58. The van der Waals surface area contributed by atoms with Crippen molar-refractivity contribution in [1.82, 2.24) is 10.6 Å². The SMILES string of the molecule is CCCC(=O)Nc1cccc(CN=C(NCC)NC(C)CCS(C)(=O)=O)c1. The van der Waals surface area contributed by atoms with Gasteiger partial charge in [-0.25, -0.2) is 13.4 Å². The summed E-state index contributed by atoms with van der Waals surface area (Å²) in [6.45, 7) is 7.03. The number of nitrogens with zero attached hydrogens (tertiary/aromatic N) is 1. The van der Waals surface area contributed by atoms with Crippen molar-refractivity contribution in [3.05, 3.63) is 29.8 Å². The number of benzene rings is 1. The summed E-state index contributed by atoms with van der Waals surface area (Å²) in [5, 5.41) is 9.28. The Bertz CT molecular complexity index is 732. The molecule has 0 aliphatic rings. The van der Waals surface area contributed by atoms with Crippen molar-refractivity contribution in [1.29, 1.82) is 0 Å². The Balaban J connectivity index is 2.70. The summed E-state index contributed by atoms with van der Waals surface area (Å²) >= 11 is 0. The Kier molecular flexibility index (Phi) is 9.85. The third kappa shape index (κ3) is 10.6. The molecule has 0 aromatic heterocycles. The fraction of sp³-hybridized carbons (Fsp3) is 0.579. The molecule has 1 atom stereocenters. The van der Waals surface area contributed by atoms with E-state index < -0.39 is 9.84 Å². The predicted octanol–water partition coefficient (Wildman–Crippen LogP) is 2.30. The molecule has 0 radical (unpaired) electrons. The van der Waals surface area contributed by atoms with E-state index in [1.165, 1.54) is 6.26 Å². The molecular weight excluding hydrogens is 364 g/mol. The highest BCUT2D eigenvalue weighted by Crippen LogP contribution is 2.12. The lowest BCUT2D eigenvalue weighted by atomic mass is 10.2. The van der Waals surface area contributed by atoms with Gasteiger partial charge < -0.3 is 16.0 Å². The van der Waals surface area contributed by atoms with Crippen molar-refractivity contribution < 1.29 is 13.2 Å². The maximum Gasteiger partial charge on any atom is 0.224 e. The van der Waals surface area contributed by atoms with E-state index in [9.17, 15) is 13.2 Å². The van der Waals surface area contributed by atoms with Gasteiger partial charge in [0.05, 0.1) is 12.3 Å². The fourth-order valence-corrected chi connectivity index (χ4v) is 3.17. The number of carbonyl (C=O) groups excluding carboxylic acids is 1. The molecule has 0 spiro atoms. The molecule has 0 aliphatic carbocycles. The van der Waals surface area contributed by atoms with Crippen molar-refractivity contribution in [2.24, 2.45) is 4.99 Å². The van der Waals surface area contributed by atoms with Gasteiger partial charge in [0.15, 0.2) is 5.96 Å². The lowest BCUT2D eigenvalue weighted by Gasteiger charge is -2.17. The summed E-state index contributed by atoms with van der Waals surface area (Å²) in [5.41, 5.74) is 1.74. The first-order chi connectivity index (χ1) is 12.7. The van der Waals surface area contributed by atoms with Crippen LogP contribution >= 0.6 is 0 Å². The molecule has 8 heteroatoms. The number of aliphatic imine (C=N–C) groups is 1. The van der Waals surface area contributed by atoms with E-state index in [-0.39, 0.29) is 17.7 Å². The number of guanidine groups is 1. The van der Waals surface area contributed by atoms with E-state index in [4.69, 9.17) is 0 Å². The molecule has 3 N–H and O–H groups in total. The highest BCUT2D eigenvalue weighted by Gasteiger charge is 2.09. The van der Waals surface area contributed by atoms with Crippen LogP contribution in [0.3, 0.4) is 0 Å². The van der Waals surface area contributed by atoms with Gasteiger partial charge in [-0.05, 0) is 44.4 Å². The zero-order valence-corrected chi connectivity index (χ0v) is 17.5. The summed E-state index contributed by atoms with van der Waals surface area (Å²) in [6.07, 6.45) is 3.07. The molecule has 0 saturated carbocycles. The number of rotatable bonds is 10. The first-order valence-electron chi connectivity index (χ1n) is 9.34. The van der Waals surface area contributed by atoms with Crippen LogP contribution in [0.4, 0.5) is 5.69 Å². The summed E-state index contributed by atoms with van der Waals surface area (Å²) < 4.78 is 22.6. The number of amides is 1. The third-order valence-electron chi connectivity index (χ3n) is 3.76. The van der Waals surface area contributed by atoms with Gasteiger partial charge in [-0.2, -0.15) is 0 Å². The summed E-state index contributed by atoms with van der Waals surface area (Å²) in [4.78, 5) is 16.3. The monoisotopic (exact) mass is 396 g/mol. The van der Waals surface area contributed by atoms with Crippen LogP contribution < -0.4 is 16.0 Å². The molecule has 27 heavy (non-hydrogen) atoms. The molecule has 1 rings (SSSR count). The zero-order valence-electron chi connectivity index (χ0n) is 16.7. The van der Waals surface area contributed by atoms with Crippen LogP contribution in [-0.4, -0.2) is 44.9 Å². The first-order valence-corrected chi connectivity index (χ1v) is 11.4. The van der Waals surface area contributed by atoms with Gasteiger partial charge in [0.25, 0.3) is 0 Å². The second-order valence-corrected chi connectivity index (χ2v) is 8.92. The van der Waals surface area contributed by atoms with Crippen molar-refractivity contribution in [3.8, 4) is 0 Å². The van der Waals surface area contributed by atoms with Crippen molar-refractivity contribution in [3.63, 3.8) is 0 Å². The van der Waals surface area contributed by atoms with Crippen molar-refractivity contribution >= 4 is 27.4 Å². The predicted molar refractivity (Wildman–Crippen MR) is 112 cm³/mol. The molecule has 1 aromatic rings. The molecule has 0 fully saturated rings. The van der Waals surface area contributed by atoms with E-state index in [1.54, 1.807) is 0 Å². The maximum absolute atomic E-state index is 11.7. The minimum absolute atomic E-state index is 0.00728. The summed E-state index contributed by atoms with van der Waals surface area (Å²) in [7, 11) is -2.98. The standard InChI is InChI=1S/C19H32N4O3S/c1-5-8-18(24)23-17-10-7-9-16(13-17)14-21-19(20-6-2)22-15(3)11-12-27(4,25)26/h7,9-10,13,15H,5-6,8,11-12,14H2,1-4H3,(H,23,24)(H2,20,21,22). The van der Waals surface area contributed by atoms with E-state index >= 15 is 0 Å². The number of anilines is 1. The van der Waals surface area contributed by atoms with Crippen molar-refractivity contribution in [2.45, 2.75) is 52.6 Å². The fourth-order valence-electron chi connectivity index (χ4n) is 2.38. The van der Waals surface area contributed by atoms with Gasteiger partial charge in [0.1, 0.15) is 9.84 Å². The van der Waals surface area contributed by atoms with Gasteiger partial charge in [-0.3, -0.25) is 4.79 Å². The van der Waals surface area contributed by atoms with Crippen LogP contribution in [0.25, 0.3) is 0 Å². The molecule has 0 bridgehead atoms. The lowest BCUT2D eigenvalue weighted by molar-refractivity contribution is -0.116. The molecule has 152 valence electrons. The quantitative estimate of drug-likeness (QED) is 0.416. The Labute approximate surface area is 163 Å². The number of sulfone groups is 1. The van der Waals surface area contributed by atoms with Crippen LogP contribution in [0.15, 0.2) is 29.3 Å². The normalized spacial score (nSPS) is 13.1. The smallest absolute Gasteiger partial charge is 0.224 e. The van der Waals surface area contributed by atoms with Crippen LogP contribution in [0.1, 0.15) is 45.6 Å². The molecule has 1 unspecified atom stereocenters. The third-order valence-corrected chi connectivity index (χ3v) is 4.73. The van der Waals surface area contributed by atoms with E-state index in [0.717, 1.165) is 17.7 Å². The number of carbonyl (C=O) groups is 1. The Morgan fingerprint density at radius 2 is 2.00 bits per heavy atom. The van der Waals surface area contributed by atoms with Crippen LogP contribution in [-0.2, 0) is 21.2 Å². The van der Waals surface area contributed by atoms with Crippen LogP contribution in [0.2, 0.25) is 0 Å². The highest BCUT2D eigenvalue weighted by molar-refractivity contribution is 7.90. The second kappa shape index (κ2) is 11.6. The van der Waals surface area contributed by atoms with Crippen LogP contribution in [0, 0.1) is 0 Å². The average molecular weight is 397 g/mol. The molecule has 0 aliphatic heterocycles. The number of hydrogen-bond acceptors (Lipinski definition) is 4. The number of nitrogens with one attached hydrogen (secondary N) is 3. The summed E-state index contributed by atoms with van der Waals surface area (Å²) in [6, 6.07) is 7.60.